The SMILES string of the molecule is COc1ccc(-n2c(N)nc3nc[nH]c(=O)c32)cc1. The Kier molecular flexibility index (Phi) is 2.45. The van der Waals surface area contributed by atoms with Gasteiger partial charge in [0.1, 0.15) is 5.75 Å². The van der Waals surface area contributed by atoms with Gasteiger partial charge in [0, 0.05) is 5.69 Å². The Morgan fingerprint density at radius 1 is 1.32 bits per heavy atom. The Morgan fingerprint density at radius 3 is 2.74 bits per heavy atom. The van der Waals surface area contributed by atoms with Gasteiger partial charge in [-0.2, -0.15) is 4.98 Å². The molecule has 0 fully saturated rings. The summed E-state index contributed by atoms with van der Waals surface area (Å²) in [6, 6.07) is 7.15. The van der Waals surface area contributed by atoms with E-state index in [0.717, 1.165) is 11.4 Å². The number of nitrogens with one attached hydrogen (secondary N) is 1. The van der Waals surface area contributed by atoms with Gasteiger partial charge in [-0.05, 0) is 24.3 Å². The molecule has 3 N–H and O–H groups in total. The molecule has 0 bridgehead atoms. The van der Waals surface area contributed by atoms with Gasteiger partial charge in [0.25, 0.3) is 5.56 Å². The number of nitrogen functional groups attached to an aromatic ring is 1. The molecular weight excluding hydrogens is 246 g/mol. The fourth-order valence-electron chi connectivity index (χ4n) is 1.93. The van der Waals surface area contributed by atoms with Crippen LogP contribution in [-0.2, 0) is 0 Å². The van der Waals surface area contributed by atoms with E-state index in [0.29, 0.717) is 11.2 Å². The van der Waals surface area contributed by atoms with Crippen LogP contribution in [0.4, 0.5) is 5.95 Å². The van der Waals surface area contributed by atoms with Gasteiger partial charge in [-0.15, -0.1) is 0 Å². The summed E-state index contributed by atoms with van der Waals surface area (Å²) in [4.78, 5) is 22.4. The number of fused-ring (bicyclic) bond motifs is 1. The first-order valence-corrected chi connectivity index (χ1v) is 5.57. The second kappa shape index (κ2) is 4.13. The minimum absolute atomic E-state index is 0.212. The molecule has 3 rings (SSSR count). The van der Waals surface area contributed by atoms with Gasteiger partial charge in [-0.25, -0.2) is 4.98 Å². The number of H-pyrrole nitrogens is 1. The van der Waals surface area contributed by atoms with E-state index in [1.165, 1.54) is 6.33 Å². The molecule has 1 aromatic carbocycles. The third-order valence-electron chi connectivity index (χ3n) is 2.81. The summed E-state index contributed by atoms with van der Waals surface area (Å²) in [7, 11) is 1.59. The van der Waals surface area contributed by atoms with Crippen molar-refractivity contribution in [2.45, 2.75) is 0 Å². The number of nitrogens with two attached hydrogens (primary N) is 1. The van der Waals surface area contributed by atoms with Crippen LogP contribution in [0.15, 0.2) is 35.4 Å². The number of anilines is 1. The maximum atomic E-state index is 11.9. The molecule has 0 aliphatic rings. The normalized spacial score (nSPS) is 10.8. The van der Waals surface area contributed by atoms with Gasteiger partial charge < -0.3 is 15.5 Å². The van der Waals surface area contributed by atoms with E-state index >= 15 is 0 Å². The quantitative estimate of drug-likeness (QED) is 0.704. The van der Waals surface area contributed by atoms with Crippen LogP contribution in [0.5, 0.6) is 5.75 Å². The molecule has 7 heteroatoms. The van der Waals surface area contributed by atoms with Crippen LogP contribution in [-0.4, -0.2) is 26.6 Å². The van der Waals surface area contributed by atoms with E-state index in [-0.39, 0.29) is 11.5 Å². The van der Waals surface area contributed by atoms with Gasteiger partial charge in [0.15, 0.2) is 11.2 Å². The van der Waals surface area contributed by atoms with Gasteiger partial charge >= 0.3 is 0 Å². The van der Waals surface area contributed by atoms with E-state index in [1.807, 2.05) is 0 Å². The number of benzene rings is 1. The maximum absolute atomic E-state index is 11.9. The van der Waals surface area contributed by atoms with Crippen LogP contribution in [0.1, 0.15) is 0 Å². The van der Waals surface area contributed by atoms with Crippen molar-refractivity contribution in [3.05, 3.63) is 40.9 Å². The highest BCUT2D eigenvalue weighted by atomic mass is 16.5. The fraction of sp³-hybridized carbons (Fsp3) is 0.0833. The second-order valence-electron chi connectivity index (χ2n) is 3.91. The van der Waals surface area contributed by atoms with Crippen molar-refractivity contribution in [1.29, 1.82) is 0 Å². The van der Waals surface area contributed by atoms with Crippen molar-refractivity contribution in [2.24, 2.45) is 0 Å². The number of hydrogen-bond acceptors (Lipinski definition) is 5. The van der Waals surface area contributed by atoms with Crippen molar-refractivity contribution >= 4 is 17.1 Å². The molecule has 0 aliphatic carbocycles. The lowest BCUT2D eigenvalue weighted by Crippen LogP contribution is -2.11. The average Bonchev–Trinajstić information content (AvgIpc) is 2.76. The van der Waals surface area contributed by atoms with Gasteiger partial charge in [-0.3, -0.25) is 9.36 Å². The summed E-state index contributed by atoms with van der Waals surface area (Å²) in [6.45, 7) is 0. The highest BCUT2D eigenvalue weighted by Gasteiger charge is 2.13. The predicted octanol–water partition coefficient (Wildman–Crippen LogP) is 0.700. The molecule has 3 aromatic rings. The lowest BCUT2D eigenvalue weighted by Gasteiger charge is -2.06. The van der Waals surface area contributed by atoms with Crippen LogP contribution in [0, 0.1) is 0 Å². The summed E-state index contributed by atoms with van der Waals surface area (Å²) >= 11 is 0. The Morgan fingerprint density at radius 2 is 2.05 bits per heavy atom. The molecule has 96 valence electrons. The summed E-state index contributed by atoms with van der Waals surface area (Å²) in [5, 5.41) is 0. The molecule has 0 saturated heterocycles. The smallest absolute Gasteiger partial charge is 0.277 e. The highest BCUT2D eigenvalue weighted by molar-refractivity contribution is 5.76. The Bertz CT molecular complexity index is 788. The summed E-state index contributed by atoms with van der Waals surface area (Å²) < 4.78 is 6.65. The predicted molar refractivity (Wildman–Crippen MR) is 70.5 cm³/mol. The average molecular weight is 257 g/mol. The molecule has 0 amide bonds. The first-order chi connectivity index (χ1) is 9.20. The second-order valence-corrected chi connectivity index (χ2v) is 3.91. The standard InChI is InChI=1S/C12H11N5O2/c1-19-8-4-2-7(3-5-8)17-9-10(16-12(17)13)14-6-15-11(9)18/h2-6H,1H3,(H3,13,14,15,16,18). The van der Waals surface area contributed by atoms with E-state index in [4.69, 9.17) is 10.5 Å². The molecule has 2 aromatic heterocycles. The molecule has 2 heterocycles. The van der Waals surface area contributed by atoms with Crippen molar-refractivity contribution in [3.63, 3.8) is 0 Å². The Balaban J connectivity index is 2.29. The fourth-order valence-corrected chi connectivity index (χ4v) is 1.93. The number of rotatable bonds is 2. The van der Waals surface area contributed by atoms with Crippen molar-refractivity contribution in [2.75, 3.05) is 12.8 Å². The third-order valence-corrected chi connectivity index (χ3v) is 2.81. The molecule has 0 spiro atoms. The van der Waals surface area contributed by atoms with Crippen LogP contribution in [0.3, 0.4) is 0 Å². The zero-order valence-corrected chi connectivity index (χ0v) is 10.1. The van der Waals surface area contributed by atoms with Crippen LogP contribution < -0.4 is 16.0 Å². The Labute approximate surface area is 107 Å². The van der Waals surface area contributed by atoms with Crippen LogP contribution >= 0.6 is 0 Å². The molecule has 0 saturated carbocycles. The van der Waals surface area contributed by atoms with E-state index in [2.05, 4.69) is 15.0 Å². The number of aromatic amines is 1. The van der Waals surface area contributed by atoms with Gasteiger partial charge in [-0.1, -0.05) is 0 Å². The van der Waals surface area contributed by atoms with Crippen LogP contribution in [0.2, 0.25) is 0 Å². The number of ether oxygens (including phenoxy) is 1. The Hall–Kier alpha value is -2.83. The number of hydrogen-bond donors (Lipinski definition) is 2. The van der Waals surface area contributed by atoms with Gasteiger partial charge in [0.2, 0.25) is 5.95 Å². The lowest BCUT2D eigenvalue weighted by atomic mass is 10.3. The number of nitrogens with zero attached hydrogens (tertiary/aromatic N) is 3. The largest absolute Gasteiger partial charge is 0.497 e. The first kappa shape index (κ1) is 11.3. The zero-order valence-electron chi connectivity index (χ0n) is 10.1. The van der Waals surface area contributed by atoms with E-state index in [9.17, 15) is 4.79 Å². The number of imidazole rings is 1. The summed E-state index contributed by atoms with van der Waals surface area (Å²) in [5.41, 5.74) is 6.93. The molecule has 0 aliphatic heterocycles. The van der Waals surface area contributed by atoms with Crippen molar-refractivity contribution < 1.29 is 4.74 Å². The molecule has 0 unspecified atom stereocenters. The van der Waals surface area contributed by atoms with E-state index in [1.54, 1.807) is 35.9 Å². The molecular formula is C12H11N5O2. The molecule has 0 atom stereocenters. The maximum Gasteiger partial charge on any atom is 0.277 e. The first-order valence-electron chi connectivity index (χ1n) is 5.57. The molecule has 19 heavy (non-hydrogen) atoms. The molecule has 0 radical (unpaired) electrons. The molecule has 7 nitrogen and oxygen atoms in total. The number of aromatic nitrogens is 4. The minimum Gasteiger partial charge on any atom is -0.497 e. The van der Waals surface area contributed by atoms with E-state index < -0.39 is 0 Å². The van der Waals surface area contributed by atoms with Gasteiger partial charge in [0.05, 0.1) is 13.4 Å². The van der Waals surface area contributed by atoms with Crippen molar-refractivity contribution in [1.82, 2.24) is 19.5 Å². The minimum atomic E-state index is -0.287. The monoisotopic (exact) mass is 257 g/mol. The topological polar surface area (TPSA) is 98.8 Å². The lowest BCUT2D eigenvalue weighted by molar-refractivity contribution is 0.415. The van der Waals surface area contributed by atoms with Crippen LogP contribution in [0.25, 0.3) is 16.9 Å². The number of methoxy groups -OCH3 is 1. The summed E-state index contributed by atoms with van der Waals surface area (Å²) in [6.07, 6.45) is 1.30. The summed E-state index contributed by atoms with van der Waals surface area (Å²) in [5.74, 6) is 0.933. The van der Waals surface area contributed by atoms with Crippen molar-refractivity contribution in [3.8, 4) is 11.4 Å². The zero-order chi connectivity index (χ0) is 13.4. The third kappa shape index (κ3) is 1.71. The highest BCUT2D eigenvalue weighted by Crippen LogP contribution is 2.21.